The minimum Gasteiger partial charge on any atom is -0.365 e. The topological polar surface area (TPSA) is 34.2 Å². The first kappa shape index (κ1) is 13.6. The van der Waals surface area contributed by atoms with Crippen molar-refractivity contribution in [3.63, 3.8) is 0 Å². The number of nitrogens with one attached hydrogen (secondary N) is 1. The van der Waals surface area contributed by atoms with Gasteiger partial charge in [-0.3, -0.25) is 0 Å². The number of aromatic nitrogens is 1. The normalized spacial score (nSPS) is 20.1. The molecule has 1 saturated heterocycles. The van der Waals surface area contributed by atoms with Crippen LogP contribution in [-0.4, -0.2) is 24.5 Å². The van der Waals surface area contributed by atoms with Crippen molar-refractivity contribution in [2.24, 2.45) is 0 Å². The van der Waals surface area contributed by atoms with E-state index in [2.05, 4.69) is 17.1 Å². The smallest absolute Gasteiger partial charge is 0.157 e. The van der Waals surface area contributed by atoms with E-state index in [1.165, 1.54) is 44.2 Å². The van der Waals surface area contributed by atoms with Crippen LogP contribution in [0.3, 0.4) is 0 Å². The largest absolute Gasteiger partial charge is 0.365 e. The zero-order chi connectivity index (χ0) is 12.5. The van der Waals surface area contributed by atoms with E-state index in [0.29, 0.717) is 0 Å². The summed E-state index contributed by atoms with van der Waals surface area (Å²) in [5, 5.41) is 0. The van der Waals surface area contributed by atoms with E-state index in [4.69, 9.17) is 9.47 Å². The summed E-state index contributed by atoms with van der Waals surface area (Å²) in [5.41, 5.74) is 1.35. The van der Waals surface area contributed by atoms with Gasteiger partial charge in [0.2, 0.25) is 0 Å². The van der Waals surface area contributed by atoms with Gasteiger partial charge in [-0.25, -0.2) is 0 Å². The lowest BCUT2D eigenvalue weighted by atomic mass is 10.1. The molecular formula is C15H25NO2. The van der Waals surface area contributed by atoms with Crippen LogP contribution >= 0.6 is 0 Å². The number of rotatable bonds is 8. The molecule has 1 atom stereocenters. The van der Waals surface area contributed by atoms with Crippen LogP contribution in [0.25, 0.3) is 0 Å². The van der Waals surface area contributed by atoms with Crippen molar-refractivity contribution in [3.8, 4) is 0 Å². The molecule has 1 aliphatic rings. The highest BCUT2D eigenvalue weighted by molar-refractivity contribution is 5.03. The van der Waals surface area contributed by atoms with E-state index in [0.717, 1.165) is 26.1 Å². The van der Waals surface area contributed by atoms with Crippen LogP contribution in [0.4, 0.5) is 0 Å². The fourth-order valence-corrected chi connectivity index (χ4v) is 2.35. The number of hydrogen-bond donors (Lipinski definition) is 1. The number of H-pyrrole nitrogens is 1. The predicted octanol–water partition coefficient (Wildman–Crippen LogP) is 3.66. The molecule has 1 N–H and O–H groups in total. The van der Waals surface area contributed by atoms with Gasteiger partial charge in [-0.1, -0.05) is 12.8 Å². The van der Waals surface area contributed by atoms with Gasteiger partial charge in [-0.15, -0.1) is 0 Å². The molecule has 102 valence electrons. The van der Waals surface area contributed by atoms with Crippen molar-refractivity contribution in [3.05, 3.63) is 24.0 Å². The standard InChI is InChI=1S/C15H25NO2/c1(3-8-14-9-7-11-16-14)2-5-12-17-15-10-4-6-13-18-15/h7,9,11,15-16H,1-6,8,10,12-13H2. The Kier molecular flexibility index (Phi) is 6.30. The SMILES string of the molecule is c1c[nH]c(CCCCCCOC2CCCCO2)c1. The van der Waals surface area contributed by atoms with Gasteiger partial charge in [0.25, 0.3) is 0 Å². The summed E-state index contributed by atoms with van der Waals surface area (Å²) in [5.74, 6) is 0. The molecule has 1 unspecified atom stereocenters. The fourth-order valence-electron chi connectivity index (χ4n) is 2.35. The van der Waals surface area contributed by atoms with E-state index in [-0.39, 0.29) is 6.29 Å². The van der Waals surface area contributed by atoms with Crippen molar-refractivity contribution in [2.75, 3.05) is 13.2 Å². The molecule has 0 amide bonds. The number of aromatic amines is 1. The number of hydrogen-bond acceptors (Lipinski definition) is 2. The summed E-state index contributed by atoms with van der Waals surface area (Å²) in [6, 6.07) is 4.22. The van der Waals surface area contributed by atoms with Crippen molar-refractivity contribution in [1.82, 2.24) is 4.98 Å². The quantitative estimate of drug-likeness (QED) is 0.715. The van der Waals surface area contributed by atoms with Gasteiger partial charge in [-0.2, -0.15) is 0 Å². The molecule has 2 heterocycles. The molecule has 0 saturated carbocycles. The summed E-state index contributed by atoms with van der Waals surface area (Å²) in [6.45, 7) is 1.73. The molecule has 0 spiro atoms. The Hall–Kier alpha value is -0.800. The Bertz CT molecular complexity index is 291. The monoisotopic (exact) mass is 251 g/mol. The first-order valence-corrected chi connectivity index (χ1v) is 7.30. The molecule has 18 heavy (non-hydrogen) atoms. The zero-order valence-corrected chi connectivity index (χ0v) is 11.2. The van der Waals surface area contributed by atoms with Crippen molar-refractivity contribution >= 4 is 0 Å². The maximum absolute atomic E-state index is 5.71. The summed E-state index contributed by atoms with van der Waals surface area (Å²) >= 11 is 0. The third-order valence-corrected chi connectivity index (χ3v) is 3.44. The summed E-state index contributed by atoms with van der Waals surface area (Å²) in [7, 11) is 0. The Balaban J connectivity index is 1.39. The van der Waals surface area contributed by atoms with E-state index >= 15 is 0 Å². The van der Waals surface area contributed by atoms with Crippen LogP contribution < -0.4 is 0 Å². The highest BCUT2D eigenvalue weighted by Gasteiger charge is 2.13. The fraction of sp³-hybridized carbons (Fsp3) is 0.733. The van der Waals surface area contributed by atoms with Crippen LogP contribution in [0.1, 0.15) is 50.6 Å². The molecule has 3 nitrogen and oxygen atoms in total. The van der Waals surface area contributed by atoms with Gasteiger partial charge in [0.05, 0.1) is 0 Å². The summed E-state index contributed by atoms with van der Waals surface area (Å²) in [6.07, 6.45) is 11.7. The molecule has 0 aromatic carbocycles. The van der Waals surface area contributed by atoms with Gasteiger partial charge >= 0.3 is 0 Å². The molecule has 0 radical (unpaired) electrons. The van der Waals surface area contributed by atoms with Gasteiger partial charge in [0.1, 0.15) is 0 Å². The summed E-state index contributed by atoms with van der Waals surface area (Å²) < 4.78 is 11.2. The predicted molar refractivity (Wildman–Crippen MR) is 72.5 cm³/mol. The lowest BCUT2D eigenvalue weighted by Crippen LogP contribution is -2.22. The number of aryl methyl sites for hydroxylation is 1. The first-order valence-electron chi connectivity index (χ1n) is 7.30. The molecule has 1 aromatic heterocycles. The Labute approximate surface area is 110 Å². The van der Waals surface area contributed by atoms with E-state index in [1.807, 2.05) is 6.20 Å². The molecule has 0 bridgehead atoms. The molecule has 1 fully saturated rings. The Morgan fingerprint density at radius 1 is 1.22 bits per heavy atom. The van der Waals surface area contributed by atoms with Crippen LogP contribution in [0.2, 0.25) is 0 Å². The van der Waals surface area contributed by atoms with E-state index in [9.17, 15) is 0 Å². The van der Waals surface area contributed by atoms with Crippen LogP contribution in [-0.2, 0) is 15.9 Å². The zero-order valence-electron chi connectivity index (χ0n) is 11.2. The first-order chi connectivity index (χ1) is 8.95. The maximum atomic E-state index is 5.71. The van der Waals surface area contributed by atoms with Crippen LogP contribution in [0.5, 0.6) is 0 Å². The van der Waals surface area contributed by atoms with Gasteiger partial charge in [-0.05, 0) is 50.7 Å². The maximum Gasteiger partial charge on any atom is 0.157 e. The molecule has 1 aromatic rings. The molecule has 1 aliphatic heterocycles. The van der Waals surface area contributed by atoms with E-state index in [1.54, 1.807) is 0 Å². The lowest BCUT2D eigenvalue weighted by Gasteiger charge is -2.22. The third-order valence-electron chi connectivity index (χ3n) is 3.44. The second kappa shape index (κ2) is 8.33. The van der Waals surface area contributed by atoms with Crippen molar-refractivity contribution in [1.29, 1.82) is 0 Å². The van der Waals surface area contributed by atoms with Crippen LogP contribution in [0, 0.1) is 0 Å². The Morgan fingerprint density at radius 2 is 2.17 bits per heavy atom. The van der Waals surface area contributed by atoms with E-state index < -0.39 is 0 Å². The lowest BCUT2D eigenvalue weighted by molar-refractivity contribution is -0.162. The van der Waals surface area contributed by atoms with Crippen molar-refractivity contribution < 1.29 is 9.47 Å². The minimum atomic E-state index is 0.0812. The van der Waals surface area contributed by atoms with Gasteiger partial charge in [0, 0.05) is 25.1 Å². The van der Waals surface area contributed by atoms with Gasteiger partial charge in [0.15, 0.2) is 6.29 Å². The molecular weight excluding hydrogens is 226 g/mol. The molecule has 2 rings (SSSR count). The molecule has 0 aliphatic carbocycles. The highest BCUT2D eigenvalue weighted by Crippen LogP contribution is 2.14. The minimum absolute atomic E-state index is 0.0812. The Morgan fingerprint density at radius 3 is 2.94 bits per heavy atom. The van der Waals surface area contributed by atoms with Crippen LogP contribution in [0.15, 0.2) is 18.3 Å². The third kappa shape index (κ3) is 5.23. The average molecular weight is 251 g/mol. The highest BCUT2D eigenvalue weighted by atomic mass is 16.7. The number of ether oxygens (including phenoxy) is 2. The van der Waals surface area contributed by atoms with Gasteiger partial charge < -0.3 is 14.5 Å². The second-order valence-electron chi connectivity index (χ2n) is 5.03. The van der Waals surface area contributed by atoms with Crippen molar-refractivity contribution in [2.45, 2.75) is 57.7 Å². The molecule has 3 heteroatoms. The number of unbranched alkanes of at least 4 members (excludes halogenated alkanes) is 3. The average Bonchev–Trinajstić information content (AvgIpc) is 2.92. The second-order valence-corrected chi connectivity index (χ2v) is 5.03. The summed E-state index contributed by atoms with van der Waals surface area (Å²) in [4.78, 5) is 3.24.